The molecular weight excluding hydrogens is 341 g/mol. The van der Waals surface area contributed by atoms with Gasteiger partial charge in [0, 0.05) is 11.3 Å². The third kappa shape index (κ3) is 1.97. The number of benzene rings is 2. The quantitative estimate of drug-likeness (QED) is 0.680. The van der Waals surface area contributed by atoms with Crippen molar-refractivity contribution >= 4 is 16.7 Å². The van der Waals surface area contributed by atoms with Crippen LogP contribution in [0, 0.1) is 34.9 Å². The number of aromatic nitrogens is 3. The van der Waals surface area contributed by atoms with Gasteiger partial charge in [0.2, 0.25) is 0 Å². The zero-order valence-electron chi connectivity index (χ0n) is 14.6. The molecule has 1 aromatic heterocycles. The normalized spacial score (nSPS) is 30.6. The smallest absolute Gasteiger partial charge is 0.140 e. The molecule has 2 aromatic carbocycles. The lowest BCUT2D eigenvalue weighted by Gasteiger charge is -2.43. The number of nitrogens with one attached hydrogen (secondary N) is 2. The van der Waals surface area contributed by atoms with Gasteiger partial charge in [-0.3, -0.25) is 0 Å². The SMILES string of the molecule is N#Cc1cc(C2Nc3ccc4n[nH]nc4c3C3C4CCC(C4)C23)ccc1F. The largest absolute Gasteiger partial charge is 0.378 e. The van der Waals surface area contributed by atoms with Crippen molar-refractivity contribution in [3.05, 3.63) is 52.8 Å². The van der Waals surface area contributed by atoms with Gasteiger partial charge in [0.25, 0.3) is 0 Å². The zero-order valence-corrected chi connectivity index (χ0v) is 14.6. The number of nitrogens with zero attached hydrogens (tertiary/aromatic N) is 3. The van der Waals surface area contributed by atoms with Crippen LogP contribution in [0.15, 0.2) is 30.3 Å². The van der Waals surface area contributed by atoms with Gasteiger partial charge in [-0.15, -0.1) is 0 Å². The van der Waals surface area contributed by atoms with Crippen LogP contribution in [0.5, 0.6) is 0 Å². The number of hydrogen-bond donors (Lipinski definition) is 2. The van der Waals surface area contributed by atoms with Gasteiger partial charge in [0.15, 0.2) is 0 Å². The Bertz CT molecular complexity index is 1110. The molecule has 134 valence electrons. The Kier molecular flexibility index (Phi) is 2.97. The van der Waals surface area contributed by atoms with E-state index in [1.807, 2.05) is 18.2 Å². The fraction of sp³-hybridized carbons (Fsp3) is 0.381. The van der Waals surface area contributed by atoms with Crippen molar-refractivity contribution in [1.82, 2.24) is 15.4 Å². The lowest BCUT2D eigenvalue weighted by Crippen LogP contribution is -2.35. The second kappa shape index (κ2) is 5.29. The van der Waals surface area contributed by atoms with Crippen molar-refractivity contribution in [3.8, 4) is 6.07 Å². The van der Waals surface area contributed by atoms with Gasteiger partial charge < -0.3 is 5.32 Å². The number of anilines is 1. The van der Waals surface area contributed by atoms with Crippen LogP contribution in [0.2, 0.25) is 0 Å². The first-order valence-electron chi connectivity index (χ1n) is 9.54. The van der Waals surface area contributed by atoms with E-state index in [1.54, 1.807) is 6.07 Å². The minimum absolute atomic E-state index is 0.0925. The topological polar surface area (TPSA) is 77.4 Å². The van der Waals surface area contributed by atoms with Crippen LogP contribution >= 0.6 is 0 Å². The molecule has 5 unspecified atom stereocenters. The second-order valence-electron chi connectivity index (χ2n) is 8.13. The van der Waals surface area contributed by atoms with Crippen LogP contribution < -0.4 is 5.32 Å². The molecule has 3 aromatic rings. The number of nitriles is 1. The summed E-state index contributed by atoms with van der Waals surface area (Å²) in [5, 5.41) is 24.5. The molecule has 0 saturated heterocycles. The second-order valence-corrected chi connectivity index (χ2v) is 8.13. The van der Waals surface area contributed by atoms with E-state index in [9.17, 15) is 9.65 Å². The van der Waals surface area contributed by atoms with Crippen molar-refractivity contribution in [2.45, 2.75) is 31.2 Å². The van der Waals surface area contributed by atoms with Crippen LogP contribution in [-0.4, -0.2) is 15.4 Å². The molecule has 1 aliphatic heterocycles. The van der Waals surface area contributed by atoms with Crippen LogP contribution in [0.1, 0.15) is 47.9 Å². The Morgan fingerprint density at radius 2 is 2.00 bits per heavy atom. The summed E-state index contributed by atoms with van der Waals surface area (Å²) in [6.07, 6.45) is 3.76. The van der Waals surface area contributed by atoms with Gasteiger partial charge in [-0.05, 0) is 72.8 Å². The van der Waals surface area contributed by atoms with Crippen LogP contribution in [0.4, 0.5) is 10.1 Å². The van der Waals surface area contributed by atoms with Crippen LogP contribution in [0.3, 0.4) is 0 Å². The van der Waals surface area contributed by atoms with Gasteiger partial charge in [0.05, 0.1) is 11.6 Å². The monoisotopic (exact) mass is 359 g/mol. The van der Waals surface area contributed by atoms with Crippen molar-refractivity contribution in [2.75, 3.05) is 5.32 Å². The first kappa shape index (κ1) is 15.2. The molecule has 2 aliphatic carbocycles. The number of rotatable bonds is 1. The summed E-state index contributed by atoms with van der Waals surface area (Å²) in [5.74, 6) is 1.75. The standard InChI is InChI=1S/C21H18FN5/c22-14-4-3-12(8-13(14)9-23)20-18-11-2-1-10(7-11)17(18)19-15(24-20)5-6-16-21(19)26-27-25-16/h3-6,8,10-11,17-18,20,24H,1-2,7H2,(H,25,26,27). The highest BCUT2D eigenvalue weighted by Crippen LogP contribution is 2.64. The molecule has 0 radical (unpaired) electrons. The third-order valence-corrected chi connectivity index (χ3v) is 7.01. The summed E-state index contributed by atoms with van der Waals surface area (Å²) in [6.45, 7) is 0. The summed E-state index contributed by atoms with van der Waals surface area (Å²) in [7, 11) is 0. The van der Waals surface area contributed by atoms with E-state index in [0.29, 0.717) is 23.7 Å². The van der Waals surface area contributed by atoms with E-state index < -0.39 is 5.82 Å². The number of fused-ring (bicyclic) bond motifs is 9. The predicted molar refractivity (Wildman–Crippen MR) is 98.4 cm³/mol. The zero-order chi connectivity index (χ0) is 18.1. The minimum Gasteiger partial charge on any atom is -0.378 e. The van der Waals surface area contributed by atoms with Gasteiger partial charge in [0.1, 0.15) is 22.9 Å². The van der Waals surface area contributed by atoms with E-state index in [0.717, 1.165) is 22.3 Å². The molecule has 2 saturated carbocycles. The number of aromatic amines is 1. The lowest BCUT2D eigenvalue weighted by atomic mass is 9.67. The molecule has 6 rings (SSSR count). The Hall–Kier alpha value is -2.94. The first-order chi connectivity index (χ1) is 13.2. The predicted octanol–water partition coefficient (Wildman–Crippen LogP) is 4.27. The molecule has 2 N–H and O–H groups in total. The van der Waals surface area contributed by atoms with E-state index >= 15 is 0 Å². The fourth-order valence-corrected chi connectivity index (χ4v) is 6.03. The number of H-pyrrole nitrogens is 1. The molecule has 27 heavy (non-hydrogen) atoms. The van der Waals surface area contributed by atoms with E-state index in [2.05, 4.69) is 26.8 Å². The molecule has 0 spiro atoms. The van der Waals surface area contributed by atoms with Crippen molar-refractivity contribution < 1.29 is 4.39 Å². The Morgan fingerprint density at radius 3 is 2.89 bits per heavy atom. The Morgan fingerprint density at radius 1 is 1.11 bits per heavy atom. The Labute approximate surface area is 155 Å². The average molecular weight is 359 g/mol. The third-order valence-electron chi connectivity index (χ3n) is 7.01. The van der Waals surface area contributed by atoms with Crippen molar-refractivity contribution in [1.29, 1.82) is 5.26 Å². The van der Waals surface area contributed by atoms with Crippen molar-refractivity contribution in [2.24, 2.45) is 17.8 Å². The molecule has 2 bridgehead atoms. The molecule has 5 atom stereocenters. The summed E-state index contributed by atoms with van der Waals surface area (Å²) >= 11 is 0. The lowest BCUT2D eigenvalue weighted by molar-refractivity contribution is 0.248. The summed E-state index contributed by atoms with van der Waals surface area (Å²) in [6, 6.07) is 11.1. The van der Waals surface area contributed by atoms with Gasteiger partial charge in [-0.25, -0.2) is 4.39 Å². The molecule has 5 nitrogen and oxygen atoms in total. The van der Waals surface area contributed by atoms with Gasteiger partial charge in [-0.1, -0.05) is 6.07 Å². The van der Waals surface area contributed by atoms with E-state index in [-0.39, 0.29) is 11.6 Å². The average Bonchev–Trinajstić information content (AvgIpc) is 3.43. The van der Waals surface area contributed by atoms with Crippen LogP contribution in [-0.2, 0) is 0 Å². The van der Waals surface area contributed by atoms with E-state index in [1.165, 1.54) is 30.9 Å². The Balaban J connectivity index is 1.55. The molecule has 2 fully saturated rings. The van der Waals surface area contributed by atoms with Crippen LogP contribution in [0.25, 0.3) is 11.0 Å². The highest BCUT2D eigenvalue weighted by atomic mass is 19.1. The minimum atomic E-state index is -0.453. The molecule has 6 heteroatoms. The maximum atomic E-state index is 13.9. The first-order valence-corrected chi connectivity index (χ1v) is 9.54. The summed E-state index contributed by atoms with van der Waals surface area (Å²) < 4.78 is 13.9. The highest BCUT2D eigenvalue weighted by Gasteiger charge is 2.54. The maximum Gasteiger partial charge on any atom is 0.140 e. The molecule has 0 amide bonds. The van der Waals surface area contributed by atoms with Gasteiger partial charge >= 0.3 is 0 Å². The fourth-order valence-electron chi connectivity index (χ4n) is 6.03. The molecule has 3 aliphatic rings. The molecular formula is C21H18FN5. The summed E-state index contributed by atoms with van der Waals surface area (Å²) in [4.78, 5) is 0. The van der Waals surface area contributed by atoms with E-state index in [4.69, 9.17) is 0 Å². The maximum absolute atomic E-state index is 13.9. The highest BCUT2D eigenvalue weighted by molar-refractivity contribution is 5.85. The number of halogens is 1. The molecule has 2 heterocycles. The van der Waals surface area contributed by atoms with Gasteiger partial charge in [-0.2, -0.15) is 20.7 Å². The summed E-state index contributed by atoms with van der Waals surface area (Å²) in [5.41, 5.74) is 5.38. The van der Waals surface area contributed by atoms with Crippen molar-refractivity contribution in [3.63, 3.8) is 0 Å². The number of hydrogen-bond acceptors (Lipinski definition) is 4.